The third kappa shape index (κ3) is 4.86. The van der Waals surface area contributed by atoms with Gasteiger partial charge in [0.05, 0.1) is 17.0 Å². The fraction of sp³-hybridized carbons (Fsp3) is 0.238. The summed E-state index contributed by atoms with van der Waals surface area (Å²) < 4.78 is 65.4. The highest BCUT2D eigenvalue weighted by Crippen LogP contribution is 2.36. The second-order valence-corrected chi connectivity index (χ2v) is 9.25. The van der Waals surface area contributed by atoms with E-state index < -0.39 is 26.7 Å². The highest BCUT2D eigenvalue weighted by molar-refractivity contribution is 7.90. The maximum atomic E-state index is 13.3. The van der Waals surface area contributed by atoms with Crippen molar-refractivity contribution < 1.29 is 26.7 Å². The van der Waals surface area contributed by atoms with Gasteiger partial charge in [-0.2, -0.15) is 18.3 Å². The highest BCUT2D eigenvalue weighted by atomic mass is 32.2. The number of aliphatic hydroxyl groups excluding tert-OH is 1. The monoisotopic (exact) mass is 477 g/mol. The number of nitrogens with zero attached hydrogens (tertiary/aromatic N) is 5. The number of alkyl halides is 3. The minimum atomic E-state index is -4.55. The smallest absolute Gasteiger partial charge is 0.396 e. The maximum absolute atomic E-state index is 13.3. The number of aryl methyl sites for hydroxylation is 1. The van der Waals surface area contributed by atoms with E-state index in [1.165, 1.54) is 24.4 Å². The topological polar surface area (TPSA) is 111 Å². The standard InChI is InChI=1S/C21H18F3N5O3S/c1-33(31,32)20-25-7-6-17(26-20)16-11-14-12-29(8-3-9-30)28-19(14)27-18(16)13-4-2-5-15(10-13)21(22,23)24/h2,4-7,10-12,30H,3,8-9H2,1H3. The molecule has 0 unspecified atom stereocenters. The number of fused-ring (bicyclic) bond motifs is 1. The summed E-state index contributed by atoms with van der Waals surface area (Å²) in [5, 5.41) is 13.6. The number of halogens is 3. The number of rotatable bonds is 6. The SMILES string of the molecule is CS(=O)(=O)c1nccc(-c2cc3cn(CCCO)nc3nc2-c2cccc(C(F)(F)F)c2)n1. The molecule has 0 aliphatic carbocycles. The van der Waals surface area contributed by atoms with Crippen LogP contribution in [0.15, 0.2) is 53.9 Å². The Morgan fingerprint density at radius 3 is 2.61 bits per heavy atom. The van der Waals surface area contributed by atoms with Gasteiger partial charge in [0.2, 0.25) is 15.0 Å². The van der Waals surface area contributed by atoms with Gasteiger partial charge in [0.1, 0.15) is 0 Å². The number of aromatic nitrogens is 5. The van der Waals surface area contributed by atoms with Crippen LogP contribution >= 0.6 is 0 Å². The largest absolute Gasteiger partial charge is 0.416 e. The molecule has 12 heteroatoms. The molecule has 0 aliphatic heterocycles. The molecule has 0 saturated heterocycles. The second-order valence-electron chi connectivity index (χ2n) is 7.34. The van der Waals surface area contributed by atoms with Gasteiger partial charge in [-0.15, -0.1) is 0 Å². The highest BCUT2D eigenvalue weighted by Gasteiger charge is 2.31. The first-order chi connectivity index (χ1) is 15.6. The average Bonchev–Trinajstić information content (AvgIpc) is 3.17. The number of aliphatic hydroxyl groups is 1. The van der Waals surface area contributed by atoms with Gasteiger partial charge in [-0.3, -0.25) is 4.68 Å². The van der Waals surface area contributed by atoms with Crippen molar-refractivity contribution in [2.75, 3.05) is 12.9 Å². The Hall–Kier alpha value is -3.38. The van der Waals surface area contributed by atoms with Gasteiger partial charge in [0.15, 0.2) is 5.65 Å². The normalized spacial score (nSPS) is 12.4. The molecule has 3 aromatic heterocycles. The molecule has 0 atom stereocenters. The number of sulfone groups is 1. The van der Waals surface area contributed by atoms with E-state index in [0.29, 0.717) is 29.6 Å². The molecule has 0 aliphatic rings. The van der Waals surface area contributed by atoms with Crippen LogP contribution in [0, 0.1) is 0 Å². The Labute approximate surface area is 186 Å². The van der Waals surface area contributed by atoms with Crippen molar-refractivity contribution in [1.82, 2.24) is 24.7 Å². The second kappa shape index (κ2) is 8.52. The van der Waals surface area contributed by atoms with Crippen molar-refractivity contribution in [3.63, 3.8) is 0 Å². The molecule has 0 saturated carbocycles. The molecular formula is C21H18F3N5O3S. The molecule has 0 radical (unpaired) electrons. The zero-order valence-corrected chi connectivity index (χ0v) is 18.1. The Balaban J connectivity index is 1.96. The molecule has 0 spiro atoms. The van der Waals surface area contributed by atoms with E-state index in [9.17, 15) is 21.6 Å². The van der Waals surface area contributed by atoms with Crippen LogP contribution in [0.2, 0.25) is 0 Å². The van der Waals surface area contributed by atoms with Crippen LogP contribution in [-0.2, 0) is 22.6 Å². The van der Waals surface area contributed by atoms with Gasteiger partial charge in [0.25, 0.3) is 0 Å². The molecule has 0 bridgehead atoms. The van der Waals surface area contributed by atoms with Crippen LogP contribution < -0.4 is 0 Å². The van der Waals surface area contributed by atoms with Crippen LogP contribution in [0.1, 0.15) is 12.0 Å². The van der Waals surface area contributed by atoms with Crippen molar-refractivity contribution in [2.45, 2.75) is 24.3 Å². The molecule has 4 rings (SSSR count). The third-order valence-corrected chi connectivity index (χ3v) is 5.65. The molecule has 4 aromatic rings. The summed E-state index contributed by atoms with van der Waals surface area (Å²) >= 11 is 0. The lowest BCUT2D eigenvalue weighted by Gasteiger charge is -2.12. The van der Waals surface area contributed by atoms with E-state index in [-0.39, 0.29) is 23.6 Å². The zero-order chi connectivity index (χ0) is 23.8. The average molecular weight is 477 g/mol. The molecule has 33 heavy (non-hydrogen) atoms. The third-order valence-electron chi connectivity index (χ3n) is 4.79. The molecule has 0 fully saturated rings. The zero-order valence-electron chi connectivity index (χ0n) is 17.3. The van der Waals surface area contributed by atoms with Gasteiger partial charge < -0.3 is 5.11 Å². The number of hydrogen-bond acceptors (Lipinski definition) is 7. The Morgan fingerprint density at radius 1 is 1.12 bits per heavy atom. The van der Waals surface area contributed by atoms with Crippen molar-refractivity contribution in [1.29, 1.82) is 0 Å². The van der Waals surface area contributed by atoms with Crippen molar-refractivity contribution in [2.24, 2.45) is 0 Å². The predicted octanol–water partition coefficient (Wildman–Crippen LogP) is 3.36. The summed E-state index contributed by atoms with van der Waals surface area (Å²) in [7, 11) is -3.72. The summed E-state index contributed by atoms with van der Waals surface area (Å²) in [5.74, 6) is 0. The summed E-state index contributed by atoms with van der Waals surface area (Å²) in [5.41, 5.74) is 0.304. The lowest BCUT2D eigenvalue weighted by atomic mass is 10.0. The van der Waals surface area contributed by atoms with Gasteiger partial charge in [-0.1, -0.05) is 12.1 Å². The minimum absolute atomic E-state index is 0.0282. The number of hydrogen-bond donors (Lipinski definition) is 1. The first kappa shape index (κ1) is 22.8. The molecule has 8 nitrogen and oxygen atoms in total. The lowest BCUT2D eigenvalue weighted by molar-refractivity contribution is -0.137. The maximum Gasteiger partial charge on any atom is 0.416 e. The van der Waals surface area contributed by atoms with E-state index >= 15 is 0 Å². The predicted molar refractivity (Wildman–Crippen MR) is 114 cm³/mol. The van der Waals surface area contributed by atoms with E-state index in [2.05, 4.69) is 20.1 Å². The van der Waals surface area contributed by atoms with Crippen molar-refractivity contribution in [3.8, 4) is 22.5 Å². The van der Waals surface area contributed by atoms with Gasteiger partial charge in [-0.25, -0.2) is 23.4 Å². The fourth-order valence-electron chi connectivity index (χ4n) is 3.28. The summed E-state index contributed by atoms with van der Waals surface area (Å²) in [4.78, 5) is 12.4. The van der Waals surface area contributed by atoms with Gasteiger partial charge >= 0.3 is 6.18 Å². The van der Waals surface area contributed by atoms with Crippen LogP contribution in [-0.4, -0.2) is 51.1 Å². The fourth-order valence-corrected chi connectivity index (χ4v) is 3.80. The van der Waals surface area contributed by atoms with E-state index in [4.69, 9.17) is 5.11 Å². The summed E-state index contributed by atoms with van der Waals surface area (Å²) in [6.07, 6.45) is -0.165. The lowest BCUT2D eigenvalue weighted by Crippen LogP contribution is -2.06. The van der Waals surface area contributed by atoms with Gasteiger partial charge in [-0.05, 0) is 30.7 Å². The number of pyridine rings is 1. The summed E-state index contributed by atoms with van der Waals surface area (Å²) in [6, 6.07) is 7.79. The van der Waals surface area contributed by atoms with E-state index in [1.807, 2.05) is 0 Å². The number of benzene rings is 1. The summed E-state index contributed by atoms with van der Waals surface area (Å²) in [6.45, 7) is 0.395. The Bertz CT molecular complexity index is 1430. The molecule has 3 heterocycles. The van der Waals surface area contributed by atoms with Crippen LogP contribution in [0.5, 0.6) is 0 Å². The first-order valence-corrected chi connectivity index (χ1v) is 11.7. The van der Waals surface area contributed by atoms with Gasteiger partial charge in [0, 0.05) is 48.3 Å². The van der Waals surface area contributed by atoms with Crippen molar-refractivity contribution in [3.05, 3.63) is 54.4 Å². The molecular weight excluding hydrogens is 459 g/mol. The molecule has 1 N–H and O–H groups in total. The Kier molecular flexibility index (Phi) is 5.89. The van der Waals surface area contributed by atoms with Crippen LogP contribution in [0.4, 0.5) is 13.2 Å². The minimum Gasteiger partial charge on any atom is -0.396 e. The quantitative estimate of drug-likeness (QED) is 0.424. The van der Waals surface area contributed by atoms with Crippen LogP contribution in [0.3, 0.4) is 0 Å². The Morgan fingerprint density at radius 2 is 1.91 bits per heavy atom. The molecule has 0 amide bonds. The molecule has 172 valence electrons. The van der Waals surface area contributed by atoms with Crippen LogP contribution in [0.25, 0.3) is 33.5 Å². The van der Waals surface area contributed by atoms with E-state index in [1.54, 1.807) is 16.9 Å². The molecule has 1 aromatic carbocycles. The van der Waals surface area contributed by atoms with E-state index in [0.717, 1.165) is 18.4 Å². The van der Waals surface area contributed by atoms with Crippen molar-refractivity contribution >= 4 is 20.9 Å². The first-order valence-electron chi connectivity index (χ1n) is 9.76.